The molecule has 2 nitrogen and oxygen atoms in total. The summed E-state index contributed by atoms with van der Waals surface area (Å²) >= 11 is 0. The highest BCUT2D eigenvalue weighted by molar-refractivity contribution is 5.26. The Morgan fingerprint density at radius 3 is 2.48 bits per heavy atom. The molecular formula is C19H32N2. The van der Waals surface area contributed by atoms with Crippen molar-refractivity contribution in [2.45, 2.75) is 52.0 Å². The molecule has 2 rings (SSSR count). The fourth-order valence-corrected chi connectivity index (χ4v) is 3.40. The highest BCUT2D eigenvalue weighted by Crippen LogP contribution is 2.50. The van der Waals surface area contributed by atoms with E-state index < -0.39 is 0 Å². The summed E-state index contributed by atoms with van der Waals surface area (Å²) in [5.41, 5.74) is 1.54. The van der Waals surface area contributed by atoms with E-state index in [0.29, 0.717) is 6.04 Å². The van der Waals surface area contributed by atoms with Crippen molar-refractivity contribution in [2.75, 3.05) is 26.2 Å². The molecule has 21 heavy (non-hydrogen) atoms. The zero-order valence-corrected chi connectivity index (χ0v) is 14.0. The summed E-state index contributed by atoms with van der Waals surface area (Å²) < 4.78 is 0. The lowest BCUT2D eigenvalue weighted by Crippen LogP contribution is -2.36. The highest BCUT2D eigenvalue weighted by atomic mass is 15.1. The van der Waals surface area contributed by atoms with Crippen molar-refractivity contribution in [3.8, 4) is 0 Å². The summed E-state index contributed by atoms with van der Waals surface area (Å²) in [7, 11) is 0. The Morgan fingerprint density at radius 2 is 1.86 bits per heavy atom. The summed E-state index contributed by atoms with van der Waals surface area (Å²) in [6.45, 7) is 11.5. The first kappa shape index (κ1) is 16.5. The topological polar surface area (TPSA) is 15.3 Å². The molecule has 1 aliphatic carbocycles. The van der Waals surface area contributed by atoms with E-state index in [-0.39, 0.29) is 0 Å². The van der Waals surface area contributed by atoms with E-state index in [2.05, 4.69) is 61.3 Å². The van der Waals surface area contributed by atoms with E-state index in [1.165, 1.54) is 44.5 Å². The lowest BCUT2D eigenvalue weighted by Gasteiger charge is -2.24. The monoisotopic (exact) mass is 288 g/mol. The second-order valence-corrected chi connectivity index (χ2v) is 6.29. The van der Waals surface area contributed by atoms with Crippen LogP contribution in [0.15, 0.2) is 30.3 Å². The van der Waals surface area contributed by atoms with Gasteiger partial charge in [0.15, 0.2) is 0 Å². The van der Waals surface area contributed by atoms with Crippen LogP contribution in [0.3, 0.4) is 0 Å². The first-order chi connectivity index (χ1) is 10.3. The molecule has 2 heteroatoms. The van der Waals surface area contributed by atoms with E-state index in [1.807, 2.05) is 0 Å². The molecule has 1 N–H and O–H groups in total. The summed E-state index contributed by atoms with van der Waals surface area (Å²) in [6.07, 6.45) is 3.88. The molecule has 0 spiro atoms. The van der Waals surface area contributed by atoms with Gasteiger partial charge in [-0.05, 0) is 62.8 Å². The smallest absolute Gasteiger partial charge is 0.0114 e. The van der Waals surface area contributed by atoms with Gasteiger partial charge in [0.05, 0.1) is 0 Å². The van der Waals surface area contributed by atoms with Crippen LogP contribution in [0.5, 0.6) is 0 Å². The number of nitrogens with one attached hydrogen (secondary N) is 1. The summed E-state index contributed by atoms with van der Waals surface area (Å²) in [6, 6.07) is 11.8. The molecule has 1 aromatic rings. The Kier molecular flexibility index (Phi) is 6.72. The number of benzene rings is 1. The average Bonchev–Trinajstić information content (AvgIpc) is 3.32. The average molecular weight is 288 g/mol. The molecule has 118 valence electrons. The number of hydrogen-bond acceptors (Lipinski definition) is 2. The van der Waals surface area contributed by atoms with Crippen LogP contribution in [0.1, 0.15) is 51.5 Å². The van der Waals surface area contributed by atoms with Gasteiger partial charge in [-0.2, -0.15) is 0 Å². The van der Waals surface area contributed by atoms with Crippen LogP contribution in [-0.4, -0.2) is 37.1 Å². The van der Waals surface area contributed by atoms with Gasteiger partial charge in [-0.25, -0.2) is 0 Å². The van der Waals surface area contributed by atoms with Crippen molar-refractivity contribution in [1.82, 2.24) is 10.2 Å². The molecule has 3 atom stereocenters. The van der Waals surface area contributed by atoms with E-state index in [4.69, 9.17) is 0 Å². The summed E-state index contributed by atoms with van der Waals surface area (Å²) in [5.74, 6) is 1.63. The predicted molar refractivity (Wildman–Crippen MR) is 91.8 cm³/mol. The molecule has 1 aliphatic rings. The second kappa shape index (κ2) is 8.55. The molecule has 1 aromatic carbocycles. The molecule has 0 aromatic heterocycles. The molecule has 0 amide bonds. The van der Waals surface area contributed by atoms with Crippen LogP contribution >= 0.6 is 0 Å². The minimum atomic E-state index is 0.691. The molecular weight excluding hydrogens is 256 g/mol. The van der Waals surface area contributed by atoms with Crippen molar-refractivity contribution in [2.24, 2.45) is 5.92 Å². The van der Waals surface area contributed by atoms with Gasteiger partial charge >= 0.3 is 0 Å². The number of nitrogens with zero attached hydrogens (tertiary/aromatic N) is 1. The Bertz CT molecular complexity index is 386. The van der Waals surface area contributed by atoms with Crippen LogP contribution < -0.4 is 5.32 Å². The molecule has 3 unspecified atom stereocenters. The zero-order chi connectivity index (χ0) is 15.1. The third-order valence-electron chi connectivity index (χ3n) is 4.89. The first-order valence-corrected chi connectivity index (χ1v) is 8.80. The molecule has 0 radical (unpaired) electrons. The van der Waals surface area contributed by atoms with Crippen LogP contribution in [0, 0.1) is 5.92 Å². The molecule has 1 saturated carbocycles. The van der Waals surface area contributed by atoms with Gasteiger partial charge in [0.2, 0.25) is 0 Å². The van der Waals surface area contributed by atoms with Gasteiger partial charge in [0.1, 0.15) is 0 Å². The molecule has 0 bridgehead atoms. The normalized spacial score (nSPS) is 22.5. The maximum atomic E-state index is 3.81. The first-order valence-electron chi connectivity index (χ1n) is 8.80. The lowest BCUT2D eigenvalue weighted by atomic mass is 10.0. The fraction of sp³-hybridized carbons (Fsp3) is 0.684. The standard InChI is InChI=1S/C19H32N2/c1-4-13-20-19(12-14-21(5-2)6-3)18-15-17(18)16-10-8-7-9-11-16/h7-11,17-20H,4-6,12-15H2,1-3H3. The van der Waals surface area contributed by atoms with Gasteiger partial charge in [0.25, 0.3) is 0 Å². The second-order valence-electron chi connectivity index (χ2n) is 6.29. The van der Waals surface area contributed by atoms with E-state index in [9.17, 15) is 0 Å². The van der Waals surface area contributed by atoms with E-state index in [1.54, 1.807) is 0 Å². The van der Waals surface area contributed by atoms with Crippen LogP contribution in [0.4, 0.5) is 0 Å². The van der Waals surface area contributed by atoms with Crippen LogP contribution in [0.2, 0.25) is 0 Å². The maximum Gasteiger partial charge on any atom is 0.0114 e. The van der Waals surface area contributed by atoms with Crippen LogP contribution in [0.25, 0.3) is 0 Å². The van der Waals surface area contributed by atoms with Crippen molar-refractivity contribution in [3.05, 3.63) is 35.9 Å². The predicted octanol–water partition coefficient (Wildman–Crippen LogP) is 3.89. The Balaban J connectivity index is 1.88. The van der Waals surface area contributed by atoms with Crippen molar-refractivity contribution < 1.29 is 0 Å². The third kappa shape index (κ3) is 4.82. The SMILES string of the molecule is CCCNC(CCN(CC)CC)C1CC1c1ccccc1. The molecule has 1 fully saturated rings. The largest absolute Gasteiger partial charge is 0.314 e. The van der Waals surface area contributed by atoms with Crippen molar-refractivity contribution in [1.29, 1.82) is 0 Å². The van der Waals surface area contributed by atoms with E-state index >= 15 is 0 Å². The Morgan fingerprint density at radius 1 is 1.14 bits per heavy atom. The molecule has 0 saturated heterocycles. The van der Waals surface area contributed by atoms with Crippen molar-refractivity contribution >= 4 is 0 Å². The Labute approximate surface area is 130 Å². The van der Waals surface area contributed by atoms with Gasteiger partial charge in [-0.3, -0.25) is 0 Å². The van der Waals surface area contributed by atoms with E-state index in [0.717, 1.165) is 18.4 Å². The van der Waals surface area contributed by atoms with Gasteiger partial charge in [-0.1, -0.05) is 51.1 Å². The molecule has 0 heterocycles. The molecule has 0 aliphatic heterocycles. The minimum Gasteiger partial charge on any atom is -0.314 e. The van der Waals surface area contributed by atoms with Gasteiger partial charge < -0.3 is 10.2 Å². The minimum absolute atomic E-state index is 0.691. The lowest BCUT2D eigenvalue weighted by molar-refractivity contribution is 0.273. The highest BCUT2D eigenvalue weighted by Gasteiger charge is 2.43. The quantitative estimate of drug-likeness (QED) is 0.702. The fourth-order valence-electron chi connectivity index (χ4n) is 3.40. The zero-order valence-electron chi connectivity index (χ0n) is 14.0. The summed E-state index contributed by atoms with van der Waals surface area (Å²) in [4.78, 5) is 2.54. The van der Waals surface area contributed by atoms with Gasteiger partial charge in [0, 0.05) is 6.04 Å². The third-order valence-corrected chi connectivity index (χ3v) is 4.89. The summed E-state index contributed by atoms with van der Waals surface area (Å²) in [5, 5.41) is 3.81. The van der Waals surface area contributed by atoms with Crippen molar-refractivity contribution in [3.63, 3.8) is 0 Å². The number of rotatable bonds is 10. The van der Waals surface area contributed by atoms with Gasteiger partial charge in [-0.15, -0.1) is 0 Å². The Hall–Kier alpha value is -0.860. The van der Waals surface area contributed by atoms with Crippen LogP contribution in [-0.2, 0) is 0 Å². The number of hydrogen-bond donors (Lipinski definition) is 1. The maximum absolute atomic E-state index is 3.81.